The van der Waals surface area contributed by atoms with Crippen molar-refractivity contribution in [2.45, 2.75) is 45.1 Å². The van der Waals surface area contributed by atoms with Crippen molar-refractivity contribution in [3.63, 3.8) is 0 Å². The topological polar surface area (TPSA) is 71.1 Å². The average molecular weight is 387 g/mol. The van der Waals surface area contributed by atoms with Crippen molar-refractivity contribution in [3.8, 4) is 11.5 Å². The molecular weight excluding hydrogens is 358 g/mol. The van der Waals surface area contributed by atoms with Gasteiger partial charge in [-0.25, -0.2) is 0 Å². The molecule has 7 nitrogen and oxygen atoms in total. The molecule has 0 unspecified atom stereocenters. The second kappa shape index (κ2) is 8.49. The Hall–Kier alpha value is -2.12. The van der Waals surface area contributed by atoms with Gasteiger partial charge in [0, 0.05) is 30.8 Å². The first kappa shape index (κ1) is 19.2. The lowest BCUT2D eigenvalue weighted by Gasteiger charge is -2.40. The predicted molar refractivity (Wildman–Crippen MR) is 106 cm³/mol. The smallest absolute Gasteiger partial charge is 0.238 e. The van der Waals surface area contributed by atoms with Gasteiger partial charge in [-0.15, -0.1) is 0 Å². The van der Waals surface area contributed by atoms with Crippen molar-refractivity contribution >= 4 is 17.4 Å². The number of hydrogen-bond acceptors (Lipinski definition) is 6. The summed E-state index contributed by atoms with van der Waals surface area (Å²) in [6.45, 7) is 6.30. The second-order valence-electron chi connectivity index (χ2n) is 7.96. The second-order valence-corrected chi connectivity index (χ2v) is 7.96. The Morgan fingerprint density at radius 1 is 1.04 bits per heavy atom. The summed E-state index contributed by atoms with van der Waals surface area (Å²) in [6.07, 6.45) is 6.23. The molecule has 0 bridgehead atoms. The number of anilines is 1. The number of fused-ring (bicyclic) bond motifs is 1. The molecule has 0 aliphatic carbocycles. The zero-order valence-electron chi connectivity index (χ0n) is 16.5. The van der Waals surface area contributed by atoms with Gasteiger partial charge in [-0.2, -0.15) is 0 Å². The molecule has 4 rings (SSSR count). The molecule has 1 N–H and O–H groups in total. The maximum Gasteiger partial charge on any atom is 0.238 e. The monoisotopic (exact) mass is 387 g/mol. The molecule has 0 radical (unpaired) electrons. The third-order valence-corrected chi connectivity index (χ3v) is 6.00. The number of rotatable bonds is 5. The van der Waals surface area contributed by atoms with E-state index >= 15 is 0 Å². The zero-order chi connectivity index (χ0) is 19.5. The number of amides is 1. The highest BCUT2D eigenvalue weighted by Gasteiger charge is 2.27. The van der Waals surface area contributed by atoms with Gasteiger partial charge in [0.1, 0.15) is 0 Å². The summed E-state index contributed by atoms with van der Waals surface area (Å²) in [5.74, 6) is 0.888. The minimum atomic E-state index is -0.115. The summed E-state index contributed by atoms with van der Waals surface area (Å²) in [6, 6.07) is 3.99. The molecule has 1 aromatic carbocycles. The van der Waals surface area contributed by atoms with Crippen molar-refractivity contribution in [3.05, 3.63) is 17.7 Å². The van der Waals surface area contributed by atoms with Crippen molar-refractivity contribution in [2.75, 3.05) is 44.8 Å². The average Bonchev–Trinajstić information content (AvgIpc) is 3.16. The first-order chi connectivity index (χ1) is 13.6. The summed E-state index contributed by atoms with van der Waals surface area (Å²) < 4.78 is 10.7. The van der Waals surface area contributed by atoms with E-state index in [0.717, 1.165) is 25.9 Å². The van der Waals surface area contributed by atoms with Gasteiger partial charge in [-0.05, 0) is 51.8 Å². The number of Topliss-reactive ketones (excluding diaryl/α,β-unsaturated/α-hetero) is 1. The third-order valence-electron chi connectivity index (χ3n) is 6.00. The van der Waals surface area contributed by atoms with Gasteiger partial charge in [-0.1, -0.05) is 6.42 Å². The summed E-state index contributed by atoms with van der Waals surface area (Å²) >= 11 is 0. The Kier molecular flexibility index (Phi) is 5.82. The number of nitrogens with zero attached hydrogens (tertiary/aromatic N) is 2. The molecule has 0 atom stereocenters. The summed E-state index contributed by atoms with van der Waals surface area (Å²) in [4.78, 5) is 29.4. The Morgan fingerprint density at radius 3 is 2.39 bits per heavy atom. The van der Waals surface area contributed by atoms with E-state index in [1.807, 2.05) is 0 Å². The molecule has 0 spiro atoms. The van der Waals surface area contributed by atoms with E-state index in [9.17, 15) is 9.59 Å². The number of hydrogen-bond donors (Lipinski definition) is 1. The number of piperidine rings is 2. The van der Waals surface area contributed by atoms with E-state index in [1.165, 1.54) is 39.3 Å². The molecule has 3 aliphatic heterocycles. The number of carbonyl (C=O) groups excluding carboxylic acids is 2. The van der Waals surface area contributed by atoms with Crippen LogP contribution < -0.4 is 14.8 Å². The number of benzene rings is 1. The Bertz CT molecular complexity index is 737. The van der Waals surface area contributed by atoms with Gasteiger partial charge < -0.3 is 19.7 Å². The van der Waals surface area contributed by atoms with Gasteiger partial charge in [0.05, 0.1) is 12.2 Å². The zero-order valence-corrected chi connectivity index (χ0v) is 16.5. The van der Waals surface area contributed by atoms with Crippen molar-refractivity contribution in [2.24, 2.45) is 0 Å². The molecule has 3 aliphatic rings. The first-order valence-corrected chi connectivity index (χ1v) is 10.3. The number of nitrogens with one attached hydrogen (secondary N) is 1. The highest BCUT2D eigenvalue weighted by atomic mass is 16.7. The fourth-order valence-corrected chi connectivity index (χ4v) is 4.46. The van der Waals surface area contributed by atoms with Crippen LogP contribution in [0.25, 0.3) is 0 Å². The minimum absolute atomic E-state index is 0.0993. The molecule has 0 saturated carbocycles. The molecule has 2 fully saturated rings. The Labute approximate surface area is 166 Å². The molecule has 7 heteroatoms. The summed E-state index contributed by atoms with van der Waals surface area (Å²) in [5, 5.41) is 2.90. The number of ketones is 1. The third kappa shape index (κ3) is 4.31. The standard InChI is InChI=1S/C21H29N3O4/c1-15(25)17-11-19-20(28-14-27-19)12-18(17)22-21(26)13-23-9-5-16(6-10-23)24-7-3-2-4-8-24/h11-12,16H,2-10,13-14H2,1H3,(H,22,26). The minimum Gasteiger partial charge on any atom is -0.454 e. The molecule has 1 amide bonds. The van der Waals surface area contributed by atoms with Crippen LogP contribution in [0.2, 0.25) is 0 Å². The lowest BCUT2D eigenvalue weighted by molar-refractivity contribution is -0.117. The van der Waals surface area contributed by atoms with Crippen LogP contribution in [0.15, 0.2) is 12.1 Å². The molecule has 152 valence electrons. The Balaban J connectivity index is 1.32. The predicted octanol–water partition coefficient (Wildman–Crippen LogP) is 2.51. The van der Waals surface area contributed by atoms with E-state index in [-0.39, 0.29) is 18.5 Å². The molecule has 2 saturated heterocycles. The largest absolute Gasteiger partial charge is 0.454 e. The van der Waals surface area contributed by atoms with Gasteiger partial charge in [0.2, 0.25) is 12.7 Å². The maximum absolute atomic E-state index is 12.6. The lowest BCUT2D eigenvalue weighted by atomic mass is 10.00. The van der Waals surface area contributed by atoms with Gasteiger partial charge in [0.25, 0.3) is 0 Å². The van der Waals surface area contributed by atoms with Crippen LogP contribution in [-0.4, -0.2) is 67.0 Å². The van der Waals surface area contributed by atoms with E-state index < -0.39 is 0 Å². The fraction of sp³-hybridized carbons (Fsp3) is 0.619. The van der Waals surface area contributed by atoms with Crippen LogP contribution in [0.4, 0.5) is 5.69 Å². The van der Waals surface area contributed by atoms with Crippen molar-refractivity contribution < 1.29 is 19.1 Å². The van der Waals surface area contributed by atoms with E-state index in [4.69, 9.17) is 9.47 Å². The molecule has 28 heavy (non-hydrogen) atoms. The first-order valence-electron chi connectivity index (χ1n) is 10.3. The quantitative estimate of drug-likeness (QED) is 0.783. The normalized spacial score (nSPS) is 20.9. The van der Waals surface area contributed by atoms with Gasteiger partial charge in [-0.3, -0.25) is 14.5 Å². The SMILES string of the molecule is CC(=O)c1cc2c(cc1NC(=O)CN1CCC(N3CCCCC3)CC1)OCO2. The molecule has 3 heterocycles. The summed E-state index contributed by atoms with van der Waals surface area (Å²) in [5.41, 5.74) is 0.936. The molecule has 1 aromatic rings. The van der Waals surface area contributed by atoms with Crippen LogP contribution in [0.5, 0.6) is 11.5 Å². The highest BCUT2D eigenvalue weighted by Crippen LogP contribution is 2.37. The number of carbonyl (C=O) groups is 2. The number of ether oxygens (including phenoxy) is 2. The number of likely N-dealkylation sites (tertiary alicyclic amines) is 2. The molecule has 0 aromatic heterocycles. The van der Waals surface area contributed by atoms with E-state index in [2.05, 4.69) is 15.1 Å². The van der Waals surface area contributed by atoms with Gasteiger partial charge >= 0.3 is 0 Å². The van der Waals surface area contributed by atoms with Crippen LogP contribution >= 0.6 is 0 Å². The van der Waals surface area contributed by atoms with Crippen molar-refractivity contribution in [1.82, 2.24) is 9.80 Å². The molecular formula is C21H29N3O4. The van der Waals surface area contributed by atoms with E-state index in [1.54, 1.807) is 12.1 Å². The van der Waals surface area contributed by atoms with Crippen LogP contribution in [0.3, 0.4) is 0 Å². The fourth-order valence-electron chi connectivity index (χ4n) is 4.46. The van der Waals surface area contributed by atoms with E-state index in [0.29, 0.717) is 35.3 Å². The van der Waals surface area contributed by atoms with Crippen molar-refractivity contribution in [1.29, 1.82) is 0 Å². The lowest BCUT2D eigenvalue weighted by Crippen LogP contribution is -2.48. The summed E-state index contributed by atoms with van der Waals surface area (Å²) in [7, 11) is 0. The van der Waals surface area contributed by atoms with Crippen LogP contribution in [-0.2, 0) is 4.79 Å². The van der Waals surface area contributed by atoms with Gasteiger partial charge in [0.15, 0.2) is 17.3 Å². The van der Waals surface area contributed by atoms with Crippen LogP contribution in [0, 0.1) is 0 Å². The highest BCUT2D eigenvalue weighted by molar-refractivity contribution is 6.05. The Morgan fingerprint density at radius 2 is 1.71 bits per heavy atom. The maximum atomic E-state index is 12.6. The van der Waals surface area contributed by atoms with Crippen LogP contribution in [0.1, 0.15) is 49.4 Å².